The highest BCUT2D eigenvalue weighted by Crippen LogP contribution is 2.29. The van der Waals surface area contributed by atoms with Gasteiger partial charge in [-0.1, -0.05) is 44.9 Å². The number of rotatable bonds is 5. The lowest BCUT2D eigenvalue weighted by Crippen LogP contribution is -2.47. The third kappa shape index (κ3) is 5.41. The van der Waals surface area contributed by atoms with Crippen LogP contribution in [0, 0.1) is 17.7 Å². The smallest absolute Gasteiger partial charge is 0.331 e. The maximum atomic E-state index is 13.5. The Kier molecular flexibility index (Phi) is 6.73. The van der Waals surface area contributed by atoms with Crippen LogP contribution in [-0.4, -0.2) is 24.0 Å². The van der Waals surface area contributed by atoms with Gasteiger partial charge in [0, 0.05) is 17.7 Å². The highest BCUT2D eigenvalue weighted by atomic mass is 19.1. The van der Waals surface area contributed by atoms with Crippen LogP contribution in [0.25, 0.3) is 6.08 Å². The maximum absolute atomic E-state index is 13.5. The molecule has 0 aliphatic heterocycles. The molecule has 1 aliphatic rings. The van der Waals surface area contributed by atoms with Crippen molar-refractivity contribution in [1.29, 1.82) is 0 Å². The van der Waals surface area contributed by atoms with Gasteiger partial charge in [-0.25, -0.2) is 9.18 Å². The molecular weight excluding hydrogens is 321 g/mol. The third-order valence-electron chi connectivity index (χ3n) is 5.00. The number of halogens is 1. The molecule has 0 radical (unpaired) electrons. The Morgan fingerprint density at radius 1 is 1.28 bits per heavy atom. The summed E-state index contributed by atoms with van der Waals surface area (Å²) in [4.78, 5) is 24.1. The summed E-state index contributed by atoms with van der Waals surface area (Å²) in [5.74, 6) is -0.408. The van der Waals surface area contributed by atoms with Crippen LogP contribution in [0.1, 0.15) is 45.6 Å². The second-order valence-corrected chi connectivity index (χ2v) is 6.82. The van der Waals surface area contributed by atoms with E-state index in [9.17, 15) is 14.0 Å². The van der Waals surface area contributed by atoms with Gasteiger partial charge in [0.1, 0.15) is 5.82 Å². The van der Waals surface area contributed by atoms with Crippen LogP contribution in [-0.2, 0) is 14.3 Å². The number of hydrogen-bond donors (Lipinski definition) is 1. The SMILES string of the molecule is C[C@@H]1[C@H](C)CCC[C@H]1NC(=O)[C@@H](C)OC(=O)/C=C/c1ccccc1F. The number of benzene rings is 1. The number of amides is 1. The zero-order valence-corrected chi connectivity index (χ0v) is 15.0. The molecule has 1 fully saturated rings. The second kappa shape index (κ2) is 8.79. The van der Waals surface area contributed by atoms with E-state index in [1.54, 1.807) is 25.1 Å². The minimum absolute atomic E-state index is 0.117. The minimum atomic E-state index is -0.887. The first kappa shape index (κ1) is 19.2. The average molecular weight is 347 g/mol. The molecule has 1 aromatic carbocycles. The Labute approximate surface area is 148 Å². The van der Waals surface area contributed by atoms with Crippen LogP contribution in [0.2, 0.25) is 0 Å². The van der Waals surface area contributed by atoms with Crippen LogP contribution in [0.15, 0.2) is 30.3 Å². The van der Waals surface area contributed by atoms with Gasteiger partial charge in [0.05, 0.1) is 0 Å². The van der Waals surface area contributed by atoms with Gasteiger partial charge >= 0.3 is 5.97 Å². The first-order chi connectivity index (χ1) is 11.9. The highest BCUT2D eigenvalue weighted by molar-refractivity contribution is 5.90. The molecule has 0 aromatic heterocycles. The summed E-state index contributed by atoms with van der Waals surface area (Å²) in [6.45, 7) is 5.88. The van der Waals surface area contributed by atoms with Crippen molar-refractivity contribution in [2.45, 2.75) is 52.2 Å². The monoisotopic (exact) mass is 347 g/mol. The maximum Gasteiger partial charge on any atom is 0.331 e. The fourth-order valence-electron chi connectivity index (χ4n) is 3.12. The average Bonchev–Trinajstić information content (AvgIpc) is 2.58. The summed E-state index contributed by atoms with van der Waals surface area (Å²) in [6.07, 6.45) is 4.81. The van der Waals surface area contributed by atoms with E-state index in [1.807, 2.05) is 0 Å². The molecule has 136 valence electrons. The molecule has 0 heterocycles. The zero-order valence-electron chi connectivity index (χ0n) is 15.0. The lowest BCUT2D eigenvalue weighted by atomic mass is 9.78. The van der Waals surface area contributed by atoms with E-state index in [-0.39, 0.29) is 11.9 Å². The number of carbonyl (C=O) groups is 2. The van der Waals surface area contributed by atoms with Gasteiger partial charge in [-0.2, -0.15) is 0 Å². The van der Waals surface area contributed by atoms with E-state index in [0.717, 1.165) is 18.9 Å². The van der Waals surface area contributed by atoms with Crippen molar-refractivity contribution in [3.05, 3.63) is 41.7 Å². The molecule has 1 saturated carbocycles. The topological polar surface area (TPSA) is 55.4 Å². The molecule has 1 aromatic rings. The number of esters is 1. The van der Waals surface area contributed by atoms with E-state index < -0.39 is 17.9 Å². The minimum Gasteiger partial charge on any atom is -0.449 e. The van der Waals surface area contributed by atoms with Crippen LogP contribution in [0.4, 0.5) is 4.39 Å². The van der Waals surface area contributed by atoms with Gasteiger partial charge in [-0.05, 0) is 37.3 Å². The first-order valence-corrected chi connectivity index (χ1v) is 8.82. The number of ether oxygens (including phenoxy) is 1. The number of nitrogens with one attached hydrogen (secondary N) is 1. The molecule has 5 heteroatoms. The lowest BCUT2D eigenvalue weighted by Gasteiger charge is -2.35. The second-order valence-electron chi connectivity index (χ2n) is 6.82. The van der Waals surface area contributed by atoms with Crippen molar-refractivity contribution in [2.75, 3.05) is 0 Å². The van der Waals surface area contributed by atoms with Crippen LogP contribution < -0.4 is 5.32 Å². The molecule has 1 amide bonds. The molecule has 0 saturated heterocycles. The van der Waals surface area contributed by atoms with Gasteiger partial charge in [-0.3, -0.25) is 4.79 Å². The Balaban J connectivity index is 1.86. The van der Waals surface area contributed by atoms with Crippen molar-refractivity contribution in [1.82, 2.24) is 5.32 Å². The molecule has 1 aliphatic carbocycles. The predicted molar refractivity (Wildman–Crippen MR) is 95.1 cm³/mol. The molecule has 4 atom stereocenters. The number of carbonyl (C=O) groups excluding carboxylic acids is 2. The highest BCUT2D eigenvalue weighted by Gasteiger charge is 2.29. The van der Waals surface area contributed by atoms with Gasteiger partial charge in [0.25, 0.3) is 5.91 Å². The van der Waals surface area contributed by atoms with Gasteiger partial charge in [0.15, 0.2) is 6.10 Å². The molecule has 0 bridgehead atoms. The van der Waals surface area contributed by atoms with Gasteiger partial charge < -0.3 is 10.1 Å². The van der Waals surface area contributed by atoms with E-state index in [2.05, 4.69) is 19.2 Å². The molecule has 0 unspecified atom stereocenters. The summed E-state index contributed by atoms with van der Waals surface area (Å²) in [5.41, 5.74) is 0.293. The Hall–Kier alpha value is -2.17. The van der Waals surface area contributed by atoms with Crippen molar-refractivity contribution < 1.29 is 18.7 Å². The summed E-state index contributed by atoms with van der Waals surface area (Å²) in [5, 5.41) is 2.99. The van der Waals surface area contributed by atoms with Crippen LogP contribution in [0.3, 0.4) is 0 Å². The van der Waals surface area contributed by atoms with E-state index in [0.29, 0.717) is 17.4 Å². The number of hydrogen-bond acceptors (Lipinski definition) is 3. The zero-order chi connectivity index (χ0) is 18.4. The molecule has 0 spiro atoms. The molecular formula is C20H26FNO3. The Morgan fingerprint density at radius 3 is 2.72 bits per heavy atom. The van der Waals surface area contributed by atoms with Crippen molar-refractivity contribution >= 4 is 18.0 Å². The predicted octanol–water partition coefficient (Wildman–Crippen LogP) is 3.71. The van der Waals surface area contributed by atoms with E-state index in [1.165, 1.54) is 18.6 Å². The van der Waals surface area contributed by atoms with Crippen LogP contribution in [0.5, 0.6) is 0 Å². The van der Waals surface area contributed by atoms with E-state index in [4.69, 9.17) is 4.74 Å². The lowest BCUT2D eigenvalue weighted by molar-refractivity contribution is -0.150. The van der Waals surface area contributed by atoms with Crippen molar-refractivity contribution in [3.8, 4) is 0 Å². The molecule has 4 nitrogen and oxygen atoms in total. The molecule has 1 N–H and O–H groups in total. The first-order valence-electron chi connectivity index (χ1n) is 8.82. The standard InChI is InChI=1S/C20H26FNO3/c1-13-7-6-10-18(14(13)2)22-20(24)15(3)25-19(23)12-11-16-8-4-5-9-17(16)21/h4-5,8-9,11-15,18H,6-7,10H2,1-3H3,(H,22,24)/b12-11+/t13-,14-,15-,18-/m1/s1. The largest absolute Gasteiger partial charge is 0.449 e. The molecule has 25 heavy (non-hydrogen) atoms. The Morgan fingerprint density at radius 2 is 2.00 bits per heavy atom. The van der Waals surface area contributed by atoms with Crippen molar-refractivity contribution in [2.24, 2.45) is 11.8 Å². The summed E-state index contributed by atoms with van der Waals surface area (Å²) >= 11 is 0. The Bertz CT molecular complexity index is 644. The fourth-order valence-corrected chi connectivity index (χ4v) is 3.12. The normalized spacial score (nSPS) is 24.7. The third-order valence-corrected chi connectivity index (χ3v) is 5.00. The fraction of sp³-hybridized carbons (Fsp3) is 0.500. The van der Waals surface area contributed by atoms with Crippen molar-refractivity contribution in [3.63, 3.8) is 0 Å². The summed E-state index contributed by atoms with van der Waals surface area (Å²) in [7, 11) is 0. The van der Waals surface area contributed by atoms with Gasteiger partial charge in [-0.15, -0.1) is 0 Å². The summed E-state index contributed by atoms with van der Waals surface area (Å²) in [6, 6.07) is 6.24. The van der Waals surface area contributed by atoms with Crippen LogP contribution >= 0.6 is 0 Å². The summed E-state index contributed by atoms with van der Waals surface area (Å²) < 4.78 is 18.6. The van der Waals surface area contributed by atoms with Gasteiger partial charge in [0.2, 0.25) is 0 Å². The molecule has 2 rings (SSSR count). The van der Waals surface area contributed by atoms with E-state index >= 15 is 0 Å². The quantitative estimate of drug-likeness (QED) is 0.652.